The number of fused-ring (bicyclic) bond motifs is 2. The van der Waals surface area contributed by atoms with Gasteiger partial charge in [0.15, 0.2) is 0 Å². The van der Waals surface area contributed by atoms with Crippen LogP contribution in [-0.2, 0) is 0 Å². The zero-order chi connectivity index (χ0) is 15.9. The molecule has 0 radical (unpaired) electrons. The van der Waals surface area contributed by atoms with Crippen LogP contribution in [0.15, 0.2) is 42.9 Å². The predicted octanol–water partition coefficient (Wildman–Crippen LogP) is 3.16. The monoisotopic (exact) mass is 320 g/mol. The van der Waals surface area contributed by atoms with Crippen molar-refractivity contribution in [2.24, 2.45) is 0 Å². The van der Waals surface area contributed by atoms with Gasteiger partial charge in [0.25, 0.3) is 0 Å². The third-order valence-corrected chi connectivity index (χ3v) is 5.09. The molecule has 4 heterocycles. The van der Waals surface area contributed by atoms with E-state index in [0.717, 1.165) is 36.5 Å². The molecule has 0 aliphatic carbocycles. The molecule has 1 saturated heterocycles. The Bertz CT molecular complexity index is 873. The Hall–Kier alpha value is -2.76. The van der Waals surface area contributed by atoms with Gasteiger partial charge in [-0.2, -0.15) is 0 Å². The highest BCUT2D eigenvalue weighted by atomic mass is 15.4. The van der Waals surface area contributed by atoms with E-state index >= 15 is 0 Å². The predicted molar refractivity (Wildman–Crippen MR) is 96.3 cm³/mol. The van der Waals surface area contributed by atoms with Gasteiger partial charge in [0.05, 0.1) is 23.4 Å². The molecule has 0 saturated carbocycles. The zero-order valence-corrected chi connectivity index (χ0v) is 13.4. The van der Waals surface area contributed by atoms with Gasteiger partial charge in [0, 0.05) is 12.7 Å². The van der Waals surface area contributed by atoms with Crippen molar-refractivity contribution in [3.8, 4) is 0 Å². The summed E-state index contributed by atoms with van der Waals surface area (Å²) in [6.45, 7) is 1.88. The summed E-state index contributed by atoms with van der Waals surface area (Å²) in [5.41, 5.74) is 3.41. The lowest BCUT2D eigenvalue weighted by Crippen LogP contribution is -2.51. The first kappa shape index (κ1) is 13.7. The van der Waals surface area contributed by atoms with Crippen LogP contribution in [0, 0.1) is 0 Å². The van der Waals surface area contributed by atoms with Crippen molar-refractivity contribution in [2.75, 3.05) is 28.3 Å². The average Bonchev–Trinajstić information content (AvgIpc) is 3.28. The first-order chi connectivity index (χ1) is 11.9. The smallest absolute Gasteiger partial charge is 0.143 e. The Morgan fingerprint density at radius 2 is 2.00 bits per heavy atom. The van der Waals surface area contributed by atoms with E-state index in [-0.39, 0.29) is 0 Å². The van der Waals surface area contributed by atoms with Crippen molar-refractivity contribution in [1.29, 1.82) is 0 Å². The molecule has 24 heavy (non-hydrogen) atoms. The lowest BCUT2D eigenvalue weighted by atomic mass is 10.1. The summed E-state index contributed by atoms with van der Waals surface area (Å²) < 4.78 is 0. The Balaban J connectivity index is 1.57. The van der Waals surface area contributed by atoms with E-state index < -0.39 is 0 Å². The van der Waals surface area contributed by atoms with Crippen molar-refractivity contribution in [3.05, 3.63) is 42.9 Å². The molecule has 122 valence electrons. The van der Waals surface area contributed by atoms with Gasteiger partial charge < -0.3 is 20.1 Å². The van der Waals surface area contributed by atoms with E-state index in [2.05, 4.69) is 60.4 Å². The minimum absolute atomic E-state index is 0.322. The van der Waals surface area contributed by atoms with Gasteiger partial charge in [-0.3, -0.25) is 0 Å². The molecule has 5 rings (SSSR count). The van der Waals surface area contributed by atoms with Gasteiger partial charge in [0.1, 0.15) is 24.0 Å². The highest BCUT2D eigenvalue weighted by Crippen LogP contribution is 2.37. The molecule has 1 fully saturated rings. The first-order valence-corrected chi connectivity index (χ1v) is 8.56. The lowest BCUT2D eigenvalue weighted by Gasteiger charge is -2.42. The number of aromatic nitrogens is 3. The van der Waals surface area contributed by atoms with E-state index in [1.165, 1.54) is 24.2 Å². The van der Waals surface area contributed by atoms with E-state index in [1.807, 2.05) is 6.20 Å². The fraction of sp³-hybridized carbons (Fsp3) is 0.333. The van der Waals surface area contributed by atoms with E-state index in [0.29, 0.717) is 6.17 Å². The van der Waals surface area contributed by atoms with Crippen LogP contribution in [-0.4, -0.2) is 34.3 Å². The second kappa shape index (κ2) is 5.40. The molecule has 6 nitrogen and oxygen atoms in total. The molecule has 2 aromatic heterocycles. The molecule has 1 unspecified atom stereocenters. The number of piperidine rings is 1. The normalized spacial score (nSPS) is 20.2. The van der Waals surface area contributed by atoms with Crippen molar-refractivity contribution in [2.45, 2.75) is 25.4 Å². The number of hydrogen-bond donors (Lipinski definition) is 2. The minimum Gasteiger partial charge on any atom is -0.366 e. The van der Waals surface area contributed by atoms with Gasteiger partial charge in [0.2, 0.25) is 0 Å². The summed E-state index contributed by atoms with van der Waals surface area (Å²) in [7, 11) is 0. The maximum Gasteiger partial charge on any atom is 0.143 e. The standard InChI is InChI=1S/C18H20N6/c1-2-6-15-14(5-1)22-12-24(15)16-7-3-4-10-23(16)18-13-8-9-19-17(13)20-11-21-18/h1-2,5-6,8-9,11,16,22H,3-4,7,10,12H2,(H,19,20,21). The van der Waals surface area contributed by atoms with E-state index in [1.54, 1.807) is 6.33 Å². The molecule has 0 spiro atoms. The summed E-state index contributed by atoms with van der Waals surface area (Å²) >= 11 is 0. The topological polar surface area (TPSA) is 60.1 Å². The van der Waals surface area contributed by atoms with Gasteiger partial charge >= 0.3 is 0 Å². The number of anilines is 3. The number of rotatable bonds is 2. The Morgan fingerprint density at radius 1 is 1.04 bits per heavy atom. The molecule has 0 bridgehead atoms. The molecule has 1 atom stereocenters. The summed E-state index contributed by atoms with van der Waals surface area (Å²) in [4.78, 5) is 17.1. The first-order valence-electron chi connectivity index (χ1n) is 8.56. The average molecular weight is 320 g/mol. The van der Waals surface area contributed by atoms with E-state index in [9.17, 15) is 0 Å². The van der Waals surface area contributed by atoms with Crippen LogP contribution in [0.2, 0.25) is 0 Å². The quantitative estimate of drug-likeness (QED) is 0.759. The highest BCUT2D eigenvalue weighted by molar-refractivity contribution is 5.88. The number of nitrogens with one attached hydrogen (secondary N) is 2. The van der Waals surface area contributed by atoms with Crippen LogP contribution in [0.3, 0.4) is 0 Å². The Kier molecular flexibility index (Phi) is 3.07. The number of para-hydroxylation sites is 2. The highest BCUT2D eigenvalue weighted by Gasteiger charge is 2.33. The van der Waals surface area contributed by atoms with Crippen LogP contribution >= 0.6 is 0 Å². The van der Waals surface area contributed by atoms with Crippen molar-refractivity contribution in [3.63, 3.8) is 0 Å². The van der Waals surface area contributed by atoms with Crippen LogP contribution < -0.4 is 15.1 Å². The molecular formula is C18H20N6. The van der Waals surface area contributed by atoms with Gasteiger partial charge in [-0.25, -0.2) is 9.97 Å². The molecular weight excluding hydrogens is 300 g/mol. The largest absolute Gasteiger partial charge is 0.366 e. The fourth-order valence-electron chi connectivity index (χ4n) is 3.97. The lowest BCUT2D eigenvalue weighted by molar-refractivity contribution is 0.446. The summed E-state index contributed by atoms with van der Waals surface area (Å²) in [6, 6.07) is 10.6. The molecule has 2 aliphatic rings. The number of benzene rings is 1. The Labute approximate surface area is 140 Å². The maximum absolute atomic E-state index is 4.63. The zero-order valence-electron chi connectivity index (χ0n) is 13.4. The minimum atomic E-state index is 0.322. The molecule has 2 N–H and O–H groups in total. The van der Waals surface area contributed by atoms with Crippen molar-refractivity contribution < 1.29 is 0 Å². The molecule has 1 aromatic carbocycles. The van der Waals surface area contributed by atoms with Crippen LogP contribution in [0.4, 0.5) is 17.2 Å². The van der Waals surface area contributed by atoms with Gasteiger partial charge in [-0.15, -0.1) is 0 Å². The van der Waals surface area contributed by atoms with Crippen LogP contribution in [0.5, 0.6) is 0 Å². The fourth-order valence-corrected chi connectivity index (χ4v) is 3.97. The number of aromatic amines is 1. The summed E-state index contributed by atoms with van der Waals surface area (Å²) in [6.07, 6.45) is 7.52. The molecule has 2 aliphatic heterocycles. The van der Waals surface area contributed by atoms with Crippen molar-refractivity contribution >= 4 is 28.2 Å². The molecule has 6 heteroatoms. The maximum atomic E-state index is 4.63. The molecule has 3 aromatic rings. The van der Waals surface area contributed by atoms with Crippen molar-refractivity contribution in [1.82, 2.24) is 15.0 Å². The second-order valence-corrected chi connectivity index (χ2v) is 6.43. The third kappa shape index (κ3) is 2.02. The van der Waals surface area contributed by atoms with Gasteiger partial charge in [-0.05, 0) is 37.5 Å². The number of hydrogen-bond acceptors (Lipinski definition) is 5. The van der Waals surface area contributed by atoms with E-state index in [4.69, 9.17) is 0 Å². The number of nitrogens with zero attached hydrogens (tertiary/aromatic N) is 4. The second-order valence-electron chi connectivity index (χ2n) is 6.43. The summed E-state index contributed by atoms with van der Waals surface area (Å²) in [5, 5.41) is 4.61. The summed E-state index contributed by atoms with van der Waals surface area (Å²) in [5.74, 6) is 1.04. The Morgan fingerprint density at radius 3 is 3.00 bits per heavy atom. The van der Waals surface area contributed by atoms with Crippen LogP contribution in [0.1, 0.15) is 19.3 Å². The van der Waals surface area contributed by atoms with Gasteiger partial charge in [-0.1, -0.05) is 12.1 Å². The number of H-pyrrole nitrogens is 1. The third-order valence-electron chi connectivity index (χ3n) is 5.09. The SMILES string of the molecule is c1ccc2c(c1)NCN2C1CCCCN1c1ncnc2[nH]ccc12. The van der Waals surface area contributed by atoms with Crippen LogP contribution in [0.25, 0.3) is 11.0 Å². The molecule has 0 amide bonds.